The molecule has 200 valence electrons. The van der Waals surface area contributed by atoms with Gasteiger partial charge in [-0.15, -0.1) is 0 Å². The van der Waals surface area contributed by atoms with Crippen LogP contribution in [0.1, 0.15) is 6.92 Å². The van der Waals surface area contributed by atoms with Crippen LogP contribution in [0.4, 0.5) is 5.13 Å². The molecule has 0 radical (unpaired) electrons. The van der Waals surface area contributed by atoms with Gasteiger partial charge in [0.05, 0.1) is 33.6 Å². The predicted octanol–water partition coefficient (Wildman–Crippen LogP) is 4.57. The van der Waals surface area contributed by atoms with Gasteiger partial charge in [-0.2, -0.15) is 0 Å². The molecule has 0 bridgehead atoms. The third-order valence-corrected chi connectivity index (χ3v) is 7.78. The standard InChI is InChI=1S/C26H22Cl2N6O4S/c1-4-38-16-8-5-14(6-9-16)22-20(15-7-10-17(27)18(28)11-15)31-25(39-22)30-19(35)12-34-13-29-23-21(34)24(36)33(3)26(37)32(23)2/h5-11,13H,4,12H2,1-3H3,(H,30,31,35). The molecule has 1 amide bonds. The Morgan fingerprint density at radius 3 is 2.44 bits per heavy atom. The van der Waals surface area contributed by atoms with Gasteiger partial charge in [0.25, 0.3) is 5.56 Å². The molecular weight excluding hydrogens is 563 g/mol. The molecule has 13 heteroatoms. The summed E-state index contributed by atoms with van der Waals surface area (Å²) in [6.07, 6.45) is 1.36. The van der Waals surface area contributed by atoms with Gasteiger partial charge in [0.15, 0.2) is 16.3 Å². The normalized spacial score (nSPS) is 11.2. The van der Waals surface area contributed by atoms with Gasteiger partial charge in [0.2, 0.25) is 5.91 Å². The third-order valence-electron chi connectivity index (χ3n) is 6.03. The largest absolute Gasteiger partial charge is 0.494 e. The first-order valence-electron chi connectivity index (χ1n) is 11.8. The van der Waals surface area contributed by atoms with E-state index >= 15 is 0 Å². The van der Waals surface area contributed by atoms with Gasteiger partial charge in [0, 0.05) is 19.7 Å². The van der Waals surface area contributed by atoms with Gasteiger partial charge in [-0.25, -0.2) is 14.8 Å². The van der Waals surface area contributed by atoms with E-state index in [1.54, 1.807) is 12.1 Å². The Bertz CT molecular complexity index is 1840. The molecule has 0 fully saturated rings. The smallest absolute Gasteiger partial charge is 0.332 e. The average Bonchev–Trinajstić information content (AvgIpc) is 3.53. The Morgan fingerprint density at radius 1 is 1.03 bits per heavy atom. The van der Waals surface area contributed by atoms with E-state index in [0.29, 0.717) is 27.5 Å². The summed E-state index contributed by atoms with van der Waals surface area (Å²) >= 11 is 13.7. The van der Waals surface area contributed by atoms with Crippen molar-refractivity contribution in [3.63, 3.8) is 0 Å². The highest BCUT2D eigenvalue weighted by Crippen LogP contribution is 2.41. The van der Waals surface area contributed by atoms with Gasteiger partial charge < -0.3 is 14.6 Å². The van der Waals surface area contributed by atoms with Crippen molar-refractivity contribution in [1.29, 1.82) is 0 Å². The number of thiazole rings is 1. The lowest BCUT2D eigenvalue weighted by Gasteiger charge is -2.06. The first-order chi connectivity index (χ1) is 18.7. The van der Waals surface area contributed by atoms with E-state index < -0.39 is 17.2 Å². The second kappa shape index (κ2) is 10.7. The molecule has 0 atom stereocenters. The molecule has 0 aliphatic carbocycles. The van der Waals surface area contributed by atoms with Crippen molar-refractivity contribution >= 4 is 56.7 Å². The molecule has 1 N–H and O–H groups in total. The number of aryl methyl sites for hydroxylation is 1. The van der Waals surface area contributed by atoms with E-state index in [1.807, 2.05) is 37.3 Å². The number of nitrogens with zero attached hydrogens (tertiary/aromatic N) is 5. The SMILES string of the molecule is CCOc1ccc(-c2sc(NC(=O)Cn3cnc4c3c(=O)n(C)c(=O)n4C)nc2-c2ccc(Cl)c(Cl)c2)cc1. The highest BCUT2D eigenvalue weighted by molar-refractivity contribution is 7.19. The Balaban J connectivity index is 1.49. The number of ether oxygens (including phenoxy) is 1. The van der Waals surface area contributed by atoms with Crippen molar-refractivity contribution in [2.45, 2.75) is 13.5 Å². The number of nitrogens with one attached hydrogen (secondary N) is 1. The number of benzene rings is 2. The molecule has 39 heavy (non-hydrogen) atoms. The van der Waals surface area contributed by atoms with Crippen LogP contribution in [-0.4, -0.2) is 36.2 Å². The average molecular weight is 585 g/mol. The zero-order valence-electron chi connectivity index (χ0n) is 21.1. The van der Waals surface area contributed by atoms with E-state index in [2.05, 4.69) is 10.3 Å². The maximum Gasteiger partial charge on any atom is 0.332 e. The maximum atomic E-state index is 13.1. The minimum absolute atomic E-state index is 0.153. The lowest BCUT2D eigenvalue weighted by atomic mass is 10.1. The molecule has 3 heterocycles. The van der Waals surface area contributed by atoms with Crippen LogP contribution in [0.5, 0.6) is 5.75 Å². The molecule has 2 aromatic carbocycles. The summed E-state index contributed by atoms with van der Waals surface area (Å²) in [5, 5.41) is 3.98. The fraction of sp³-hybridized carbons (Fsp3) is 0.192. The van der Waals surface area contributed by atoms with E-state index in [-0.39, 0.29) is 17.7 Å². The highest BCUT2D eigenvalue weighted by Gasteiger charge is 2.20. The third kappa shape index (κ3) is 5.08. The molecule has 0 unspecified atom stereocenters. The van der Waals surface area contributed by atoms with Crippen molar-refractivity contribution in [2.75, 3.05) is 11.9 Å². The van der Waals surface area contributed by atoms with Crippen LogP contribution >= 0.6 is 34.5 Å². The van der Waals surface area contributed by atoms with Gasteiger partial charge in [-0.3, -0.25) is 18.7 Å². The second-order valence-corrected chi connectivity index (χ2v) is 10.4. The van der Waals surface area contributed by atoms with E-state index in [9.17, 15) is 14.4 Å². The molecule has 5 aromatic rings. The van der Waals surface area contributed by atoms with Gasteiger partial charge >= 0.3 is 5.69 Å². The first kappa shape index (κ1) is 26.7. The number of hydrogen-bond donors (Lipinski definition) is 1. The molecule has 3 aromatic heterocycles. The summed E-state index contributed by atoms with van der Waals surface area (Å²) in [4.78, 5) is 47.6. The van der Waals surface area contributed by atoms with Crippen LogP contribution in [-0.2, 0) is 25.4 Å². The molecule has 0 aliphatic rings. The topological polar surface area (TPSA) is 113 Å². The summed E-state index contributed by atoms with van der Waals surface area (Å²) in [5.74, 6) is 0.324. The Labute approximate surface area is 236 Å². The fourth-order valence-corrected chi connectivity index (χ4v) is 5.42. The number of halogens is 2. The summed E-state index contributed by atoms with van der Waals surface area (Å²) in [5.41, 5.74) is 1.55. The van der Waals surface area contributed by atoms with Crippen molar-refractivity contribution in [1.82, 2.24) is 23.7 Å². The summed E-state index contributed by atoms with van der Waals surface area (Å²) < 4.78 is 9.21. The number of amides is 1. The van der Waals surface area contributed by atoms with E-state index in [1.165, 1.54) is 40.9 Å². The number of hydrogen-bond acceptors (Lipinski definition) is 7. The van der Waals surface area contributed by atoms with Crippen LogP contribution in [0.2, 0.25) is 10.0 Å². The monoisotopic (exact) mass is 584 g/mol. The Morgan fingerprint density at radius 2 is 1.74 bits per heavy atom. The molecule has 0 spiro atoms. The highest BCUT2D eigenvalue weighted by atomic mass is 35.5. The van der Waals surface area contributed by atoms with Crippen LogP contribution in [0.3, 0.4) is 0 Å². The molecule has 10 nitrogen and oxygen atoms in total. The summed E-state index contributed by atoms with van der Waals surface area (Å²) in [6, 6.07) is 12.8. The van der Waals surface area contributed by atoms with Crippen LogP contribution in [0.15, 0.2) is 58.4 Å². The predicted molar refractivity (Wildman–Crippen MR) is 153 cm³/mol. The van der Waals surface area contributed by atoms with E-state index in [0.717, 1.165) is 26.3 Å². The number of anilines is 1. The number of rotatable bonds is 7. The fourth-order valence-electron chi connectivity index (χ4n) is 4.11. The number of carbonyl (C=O) groups is 1. The number of fused-ring (bicyclic) bond motifs is 1. The molecular formula is C26H22Cl2N6O4S. The zero-order chi connectivity index (χ0) is 27.8. The second-order valence-electron chi connectivity index (χ2n) is 8.58. The van der Waals surface area contributed by atoms with E-state index in [4.69, 9.17) is 32.9 Å². The van der Waals surface area contributed by atoms with Gasteiger partial charge in [-0.1, -0.05) is 40.6 Å². The summed E-state index contributed by atoms with van der Waals surface area (Å²) in [7, 11) is 2.90. The lowest BCUT2D eigenvalue weighted by Crippen LogP contribution is -2.37. The number of carbonyl (C=O) groups excluding carboxylic acids is 1. The summed E-state index contributed by atoms with van der Waals surface area (Å²) in [6.45, 7) is 2.27. The van der Waals surface area contributed by atoms with Crippen molar-refractivity contribution in [2.24, 2.45) is 14.1 Å². The number of aromatic nitrogens is 5. The van der Waals surface area contributed by atoms with Gasteiger partial charge in [-0.05, 0) is 48.9 Å². The first-order valence-corrected chi connectivity index (χ1v) is 13.3. The number of imidazole rings is 1. The van der Waals surface area contributed by atoms with Crippen molar-refractivity contribution in [3.8, 4) is 27.4 Å². The Hall–Kier alpha value is -3.93. The van der Waals surface area contributed by atoms with Crippen molar-refractivity contribution in [3.05, 3.63) is 79.7 Å². The maximum absolute atomic E-state index is 13.1. The molecule has 0 saturated heterocycles. The molecule has 0 saturated carbocycles. The minimum Gasteiger partial charge on any atom is -0.494 e. The molecule has 0 aliphatic heterocycles. The molecule has 5 rings (SSSR count). The van der Waals surface area contributed by atoms with Crippen LogP contribution in [0.25, 0.3) is 32.9 Å². The lowest BCUT2D eigenvalue weighted by molar-refractivity contribution is -0.116. The Kier molecular flexibility index (Phi) is 7.30. The van der Waals surface area contributed by atoms with Gasteiger partial charge in [0.1, 0.15) is 12.3 Å². The minimum atomic E-state index is -0.535. The quantitative estimate of drug-likeness (QED) is 0.300. The zero-order valence-corrected chi connectivity index (χ0v) is 23.4. The van der Waals surface area contributed by atoms with Crippen LogP contribution < -0.4 is 21.3 Å². The van der Waals surface area contributed by atoms with Crippen molar-refractivity contribution < 1.29 is 9.53 Å². The van der Waals surface area contributed by atoms with Crippen LogP contribution in [0, 0.1) is 0 Å².